The lowest BCUT2D eigenvalue weighted by molar-refractivity contribution is -0.103. The number of hydrogen-bond acceptors (Lipinski definition) is 3. The van der Waals surface area contributed by atoms with E-state index in [9.17, 15) is 0 Å². The quantitative estimate of drug-likeness (QED) is 0.740. The second-order valence-corrected chi connectivity index (χ2v) is 5.25. The van der Waals surface area contributed by atoms with Gasteiger partial charge in [0.15, 0.2) is 0 Å². The van der Waals surface area contributed by atoms with Gasteiger partial charge in [0.05, 0.1) is 25.4 Å². The second-order valence-electron chi connectivity index (χ2n) is 5.25. The molecule has 2 aliphatic rings. The van der Waals surface area contributed by atoms with Crippen molar-refractivity contribution in [2.45, 2.75) is 38.9 Å². The predicted octanol–water partition coefficient (Wildman–Crippen LogP) is 1.18. The normalized spacial score (nSPS) is 32.6. The average Bonchev–Trinajstić information content (AvgIpc) is 2.05. The maximum Gasteiger partial charge on any atom is 0.0824 e. The Labute approximate surface area is 86.2 Å². The summed E-state index contributed by atoms with van der Waals surface area (Å²) in [7, 11) is 0. The van der Waals surface area contributed by atoms with Crippen LogP contribution in [0, 0.1) is 5.41 Å². The van der Waals surface area contributed by atoms with E-state index in [4.69, 9.17) is 9.47 Å². The third-order valence-electron chi connectivity index (χ3n) is 3.11. The molecule has 1 N–H and O–H groups in total. The molecule has 1 atom stereocenters. The summed E-state index contributed by atoms with van der Waals surface area (Å²) in [5, 5.41) is 3.20. The highest BCUT2D eigenvalue weighted by atomic mass is 16.5. The minimum atomic E-state index is 0.337. The molecule has 82 valence electrons. The van der Waals surface area contributed by atoms with Crippen molar-refractivity contribution < 1.29 is 9.47 Å². The van der Waals surface area contributed by atoms with Crippen molar-refractivity contribution in [2.75, 3.05) is 26.3 Å². The molecule has 2 fully saturated rings. The summed E-state index contributed by atoms with van der Waals surface area (Å²) in [6.07, 6.45) is 3.18. The molecule has 2 heterocycles. The van der Waals surface area contributed by atoms with E-state index in [0.717, 1.165) is 32.7 Å². The molecule has 3 nitrogen and oxygen atoms in total. The molecule has 3 heteroatoms. The molecule has 14 heavy (non-hydrogen) atoms. The molecule has 0 saturated carbocycles. The molecular formula is C11H21NO2. The van der Waals surface area contributed by atoms with Crippen molar-refractivity contribution >= 4 is 0 Å². The van der Waals surface area contributed by atoms with Crippen LogP contribution in [0.5, 0.6) is 0 Å². The van der Waals surface area contributed by atoms with Crippen molar-refractivity contribution in [3.8, 4) is 0 Å². The Morgan fingerprint density at radius 2 is 2.21 bits per heavy atom. The molecule has 0 spiro atoms. The van der Waals surface area contributed by atoms with Gasteiger partial charge in [-0.2, -0.15) is 0 Å². The van der Waals surface area contributed by atoms with E-state index < -0.39 is 0 Å². The first-order chi connectivity index (χ1) is 6.66. The van der Waals surface area contributed by atoms with Crippen molar-refractivity contribution in [2.24, 2.45) is 5.41 Å². The van der Waals surface area contributed by atoms with Gasteiger partial charge in [0.2, 0.25) is 0 Å². The van der Waals surface area contributed by atoms with Gasteiger partial charge < -0.3 is 14.8 Å². The van der Waals surface area contributed by atoms with Crippen molar-refractivity contribution in [1.29, 1.82) is 0 Å². The van der Waals surface area contributed by atoms with E-state index in [-0.39, 0.29) is 0 Å². The van der Waals surface area contributed by atoms with Crippen molar-refractivity contribution in [3.05, 3.63) is 0 Å². The molecule has 0 radical (unpaired) electrons. The summed E-state index contributed by atoms with van der Waals surface area (Å²) in [6, 6.07) is 0. The molecule has 0 aromatic rings. The Bertz CT molecular complexity index is 180. The van der Waals surface area contributed by atoms with Gasteiger partial charge in [0.1, 0.15) is 0 Å². The number of hydrogen-bond donors (Lipinski definition) is 1. The maximum absolute atomic E-state index is 5.77. The Morgan fingerprint density at radius 1 is 1.43 bits per heavy atom. The lowest BCUT2D eigenvalue weighted by atomic mass is 9.85. The summed E-state index contributed by atoms with van der Waals surface area (Å²) in [5.41, 5.74) is 0.370. The first-order valence-corrected chi connectivity index (χ1v) is 5.60. The van der Waals surface area contributed by atoms with Gasteiger partial charge in [-0.1, -0.05) is 13.8 Å². The first-order valence-electron chi connectivity index (χ1n) is 5.60. The molecule has 2 aliphatic heterocycles. The van der Waals surface area contributed by atoms with Gasteiger partial charge >= 0.3 is 0 Å². The van der Waals surface area contributed by atoms with E-state index >= 15 is 0 Å². The van der Waals surface area contributed by atoms with Crippen LogP contribution in [0.3, 0.4) is 0 Å². The van der Waals surface area contributed by atoms with E-state index in [1.54, 1.807) is 0 Å². The summed E-state index contributed by atoms with van der Waals surface area (Å²) < 4.78 is 11.5. The zero-order chi connectivity index (χ0) is 10.0. The minimum absolute atomic E-state index is 0.337. The summed E-state index contributed by atoms with van der Waals surface area (Å²) in [4.78, 5) is 0. The Balaban J connectivity index is 1.63. The van der Waals surface area contributed by atoms with E-state index in [2.05, 4.69) is 19.2 Å². The van der Waals surface area contributed by atoms with E-state index in [1.165, 1.54) is 6.42 Å². The summed E-state index contributed by atoms with van der Waals surface area (Å²) >= 11 is 0. The smallest absolute Gasteiger partial charge is 0.0824 e. The standard InChI is InChI=1S/C11H21NO2/c1-11(2)4-3-9(14-8-11)7-13-10-5-12-6-10/h9-10,12H,3-8H2,1-2H3. The van der Waals surface area contributed by atoms with Gasteiger partial charge in [-0.3, -0.25) is 0 Å². The van der Waals surface area contributed by atoms with Gasteiger partial charge in [0.25, 0.3) is 0 Å². The van der Waals surface area contributed by atoms with Crippen LogP contribution in [0.2, 0.25) is 0 Å². The van der Waals surface area contributed by atoms with Crippen LogP contribution in [0.25, 0.3) is 0 Å². The second kappa shape index (κ2) is 4.17. The maximum atomic E-state index is 5.77. The molecule has 0 aliphatic carbocycles. The predicted molar refractivity (Wildman–Crippen MR) is 55.4 cm³/mol. The number of ether oxygens (including phenoxy) is 2. The monoisotopic (exact) mass is 199 g/mol. The van der Waals surface area contributed by atoms with Crippen molar-refractivity contribution in [1.82, 2.24) is 5.32 Å². The van der Waals surface area contributed by atoms with Gasteiger partial charge in [-0.15, -0.1) is 0 Å². The molecular weight excluding hydrogens is 178 g/mol. The molecule has 0 bridgehead atoms. The topological polar surface area (TPSA) is 30.5 Å². The fourth-order valence-electron chi connectivity index (χ4n) is 1.81. The highest BCUT2D eigenvalue weighted by molar-refractivity contribution is 4.79. The van der Waals surface area contributed by atoms with Gasteiger partial charge in [0, 0.05) is 13.1 Å². The Hall–Kier alpha value is -0.120. The third-order valence-corrected chi connectivity index (χ3v) is 3.11. The highest BCUT2D eigenvalue weighted by Crippen LogP contribution is 2.29. The van der Waals surface area contributed by atoms with E-state index in [0.29, 0.717) is 17.6 Å². The van der Waals surface area contributed by atoms with E-state index in [1.807, 2.05) is 0 Å². The van der Waals surface area contributed by atoms with Crippen LogP contribution in [0.15, 0.2) is 0 Å². The van der Waals surface area contributed by atoms with Gasteiger partial charge in [-0.25, -0.2) is 0 Å². The number of nitrogens with one attached hydrogen (secondary N) is 1. The first kappa shape index (κ1) is 10.4. The van der Waals surface area contributed by atoms with Crippen LogP contribution < -0.4 is 5.32 Å². The Kier molecular flexibility index (Phi) is 3.10. The lowest BCUT2D eigenvalue weighted by Crippen LogP contribution is -2.49. The molecule has 2 saturated heterocycles. The van der Waals surface area contributed by atoms with Crippen LogP contribution >= 0.6 is 0 Å². The zero-order valence-corrected chi connectivity index (χ0v) is 9.21. The van der Waals surface area contributed by atoms with Crippen molar-refractivity contribution in [3.63, 3.8) is 0 Å². The molecule has 0 amide bonds. The van der Waals surface area contributed by atoms with Gasteiger partial charge in [-0.05, 0) is 18.3 Å². The fraction of sp³-hybridized carbons (Fsp3) is 1.00. The average molecular weight is 199 g/mol. The Morgan fingerprint density at radius 3 is 2.71 bits per heavy atom. The molecule has 0 aromatic carbocycles. The SMILES string of the molecule is CC1(C)CCC(COC2CNC2)OC1. The van der Waals surface area contributed by atoms with Crippen LogP contribution in [-0.2, 0) is 9.47 Å². The molecule has 2 rings (SSSR count). The van der Waals surface area contributed by atoms with Crippen LogP contribution in [0.1, 0.15) is 26.7 Å². The largest absolute Gasteiger partial charge is 0.375 e. The van der Waals surface area contributed by atoms with Crippen LogP contribution in [-0.4, -0.2) is 38.5 Å². The fourth-order valence-corrected chi connectivity index (χ4v) is 1.81. The summed E-state index contributed by atoms with van der Waals surface area (Å²) in [5.74, 6) is 0. The molecule has 0 aromatic heterocycles. The number of rotatable bonds is 3. The lowest BCUT2D eigenvalue weighted by Gasteiger charge is -2.36. The minimum Gasteiger partial charge on any atom is -0.375 e. The zero-order valence-electron chi connectivity index (χ0n) is 9.21. The third kappa shape index (κ3) is 2.69. The summed E-state index contributed by atoms with van der Waals surface area (Å²) in [6.45, 7) is 8.21. The van der Waals surface area contributed by atoms with Crippen LogP contribution in [0.4, 0.5) is 0 Å². The molecule has 1 unspecified atom stereocenters. The highest BCUT2D eigenvalue weighted by Gasteiger charge is 2.28.